The van der Waals surface area contributed by atoms with Gasteiger partial charge in [0.1, 0.15) is 5.75 Å². The Kier molecular flexibility index (Phi) is 3.00. The van der Waals surface area contributed by atoms with Crippen molar-refractivity contribution >= 4 is 17.5 Å². The molecule has 2 rings (SSSR count). The van der Waals surface area contributed by atoms with Gasteiger partial charge in [-0.2, -0.15) is 11.8 Å². The number of thioether (sulfide) groups is 1. The number of carbonyl (C=O) groups is 1. The molecule has 0 aliphatic carbocycles. The molecule has 1 aromatic carbocycles. The molecule has 2 nitrogen and oxygen atoms in total. The fourth-order valence-electron chi connectivity index (χ4n) is 1.73. The molecule has 80 valence electrons. The first-order valence-corrected chi connectivity index (χ1v) is 6.07. The van der Waals surface area contributed by atoms with Crippen LogP contribution in [0.5, 0.6) is 5.75 Å². The SMILES string of the molecule is COc1ccc2c(c1)C(=O)CC(C)SC2. The van der Waals surface area contributed by atoms with Gasteiger partial charge in [-0.3, -0.25) is 4.79 Å². The molecule has 0 aromatic heterocycles. The Morgan fingerprint density at radius 1 is 1.47 bits per heavy atom. The first-order valence-electron chi connectivity index (χ1n) is 5.02. The number of benzene rings is 1. The Morgan fingerprint density at radius 2 is 2.27 bits per heavy atom. The third-order valence-electron chi connectivity index (χ3n) is 2.61. The van der Waals surface area contributed by atoms with Crippen LogP contribution in [0, 0.1) is 0 Å². The molecular weight excluding hydrogens is 208 g/mol. The van der Waals surface area contributed by atoms with Gasteiger partial charge in [0, 0.05) is 23.0 Å². The Bertz CT molecular complexity index is 387. The van der Waals surface area contributed by atoms with E-state index < -0.39 is 0 Å². The molecule has 1 heterocycles. The van der Waals surface area contributed by atoms with Gasteiger partial charge < -0.3 is 4.74 Å². The highest BCUT2D eigenvalue weighted by Crippen LogP contribution is 2.30. The normalized spacial score (nSPS) is 20.7. The van der Waals surface area contributed by atoms with Crippen molar-refractivity contribution in [3.05, 3.63) is 29.3 Å². The van der Waals surface area contributed by atoms with E-state index in [1.54, 1.807) is 7.11 Å². The molecule has 0 fully saturated rings. The van der Waals surface area contributed by atoms with Crippen molar-refractivity contribution < 1.29 is 9.53 Å². The predicted octanol–water partition coefficient (Wildman–Crippen LogP) is 2.90. The lowest BCUT2D eigenvalue weighted by Gasteiger charge is -2.06. The highest BCUT2D eigenvalue weighted by molar-refractivity contribution is 7.99. The van der Waals surface area contributed by atoms with E-state index in [4.69, 9.17) is 4.74 Å². The molecule has 0 bridgehead atoms. The maximum absolute atomic E-state index is 11.9. The van der Waals surface area contributed by atoms with E-state index in [0.717, 1.165) is 22.6 Å². The zero-order valence-electron chi connectivity index (χ0n) is 8.95. The number of fused-ring (bicyclic) bond motifs is 1. The first-order chi connectivity index (χ1) is 7.20. The summed E-state index contributed by atoms with van der Waals surface area (Å²) in [4.78, 5) is 11.9. The van der Waals surface area contributed by atoms with Crippen LogP contribution in [0.4, 0.5) is 0 Å². The number of hydrogen-bond acceptors (Lipinski definition) is 3. The second-order valence-electron chi connectivity index (χ2n) is 3.77. The van der Waals surface area contributed by atoms with Gasteiger partial charge in [-0.1, -0.05) is 13.0 Å². The lowest BCUT2D eigenvalue weighted by Crippen LogP contribution is -2.05. The average molecular weight is 222 g/mol. The third kappa shape index (κ3) is 2.17. The van der Waals surface area contributed by atoms with Gasteiger partial charge in [-0.15, -0.1) is 0 Å². The summed E-state index contributed by atoms with van der Waals surface area (Å²) in [6, 6.07) is 5.77. The quantitative estimate of drug-likeness (QED) is 0.731. The van der Waals surface area contributed by atoms with Crippen molar-refractivity contribution in [2.45, 2.75) is 24.3 Å². The van der Waals surface area contributed by atoms with Gasteiger partial charge in [0.2, 0.25) is 0 Å². The number of Topliss-reactive ketones (excluding diaryl/α,β-unsaturated/α-hetero) is 1. The monoisotopic (exact) mass is 222 g/mol. The minimum absolute atomic E-state index is 0.237. The van der Waals surface area contributed by atoms with Crippen LogP contribution in [0.3, 0.4) is 0 Å². The van der Waals surface area contributed by atoms with Crippen LogP contribution >= 0.6 is 11.8 Å². The Hall–Kier alpha value is -0.960. The molecule has 0 N–H and O–H groups in total. The van der Waals surface area contributed by atoms with Gasteiger partial charge in [-0.25, -0.2) is 0 Å². The molecule has 0 spiro atoms. The molecule has 0 amide bonds. The first kappa shape index (κ1) is 10.6. The summed E-state index contributed by atoms with van der Waals surface area (Å²) in [5.41, 5.74) is 1.97. The van der Waals surface area contributed by atoms with Crippen LogP contribution in [-0.2, 0) is 5.75 Å². The van der Waals surface area contributed by atoms with Crippen LogP contribution in [0.25, 0.3) is 0 Å². The molecule has 15 heavy (non-hydrogen) atoms. The molecule has 3 heteroatoms. The van der Waals surface area contributed by atoms with Crippen molar-refractivity contribution in [3.8, 4) is 5.75 Å². The minimum Gasteiger partial charge on any atom is -0.497 e. The number of methoxy groups -OCH3 is 1. The summed E-state index contributed by atoms with van der Waals surface area (Å²) in [5, 5.41) is 0.413. The highest BCUT2D eigenvalue weighted by Gasteiger charge is 2.20. The molecule has 0 radical (unpaired) electrons. The Labute approximate surface area is 94.0 Å². The van der Waals surface area contributed by atoms with Crippen LogP contribution in [-0.4, -0.2) is 18.1 Å². The molecule has 0 saturated carbocycles. The van der Waals surface area contributed by atoms with E-state index in [9.17, 15) is 4.79 Å². The van der Waals surface area contributed by atoms with E-state index in [1.807, 2.05) is 30.0 Å². The van der Waals surface area contributed by atoms with E-state index in [0.29, 0.717) is 11.7 Å². The lowest BCUT2D eigenvalue weighted by atomic mass is 10.0. The van der Waals surface area contributed by atoms with Crippen LogP contribution in [0.2, 0.25) is 0 Å². The zero-order chi connectivity index (χ0) is 10.8. The van der Waals surface area contributed by atoms with Crippen molar-refractivity contribution in [1.29, 1.82) is 0 Å². The summed E-state index contributed by atoms with van der Waals surface area (Å²) in [5.74, 6) is 1.93. The zero-order valence-corrected chi connectivity index (χ0v) is 9.76. The molecule has 1 aliphatic rings. The second kappa shape index (κ2) is 4.27. The summed E-state index contributed by atoms with van der Waals surface area (Å²) < 4.78 is 5.14. The van der Waals surface area contributed by atoms with Crippen LogP contribution in [0.15, 0.2) is 18.2 Å². The van der Waals surface area contributed by atoms with Crippen LogP contribution < -0.4 is 4.74 Å². The Morgan fingerprint density at radius 3 is 3.00 bits per heavy atom. The summed E-state index contributed by atoms with van der Waals surface area (Å²) in [6.07, 6.45) is 0.630. The maximum atomic E-state index is 11.9. The van der Waals surface area contributed by atoms with Crippen molar-refractivity contribution in [2.75, 3.05) is 7.11 Å². The number of hydrogen-bond donors (Lipinski definition) is 0. The fourth-order valence-corrected chi connectivity index (χ4v) is 2.72. The molecule has 1 aromatic rings. The van der Waals surface area contributed by atoms with Gasteiger partial charge in [0.05, 0.1) is 7.11 Å². The van der Waals surface area contributed by atoms with Gasteiger partial charge >= 0.3 is 0 Å². The molecule has 1 aliphatic heterocycles. The predicted molar refractivity (Wildman–Crippen MR) is 62.7 cm³/mol. The van der Waals surface area contributed by atoms with Crippen LogP contribution in [0.1, 0.15) is 29.3 Å². The van der Waals surface area contributed by atoms with E-state index in [1.165, 1.54) is 0 Å². The van der Waals surface area contributed by atoms with Crippen molar-refractivity contribution in [1.82, 2.24) is 0 Å². The largest absolute Gasteiger partial charge is 0.497 e. The molecule has 0 saturated heterocycles. The molecule has 1 atom stereocenters. The van der Waals surface area contributed by atoms with E-state index >= 15 is 0 Å². The summed E-state index contributed by atoms with van der Waals surface area (Å²) in [7, 11) is 1.63. The van der Waals surface area contributed by atoms with Crippen molar-refractivity contribution in [2.24, 2.45) is 0 Å². The fraction of sp³-hybridized carbons (Fsp3) is 0.417. The maximum Gasteiger partial charge on any atom is 0.164 e. The van der Waals surface area contributed by atoms with E-state index in [-0.39, 0.29) is 5.78 Å². The second-order valence-corrected chi connectivity index (χ2v) is 5.20. The van der Waals surface area contributed by atoms with Gasteiger partial charge in [0.15, 0.2) is 5.78 Å². The number of rotatable bonds is 1. The summed E-state index contributed by atoms with van der Waals surface area (Å²) >= 11 is 1.84. The molecular formula is C12H14O2S. The number of carbonyl (C=O) groups excluding carboxylic acids is 1. The number of ketones is 1. The van der Waals surface area contributed by atoms with Gasteiger partial charge in [-0.05, 0) is 17.7 Å². The standard InChI is InChI=1S/C12H14O2S/c1-8-5-12(13)11-6-10(14-2)4-3-9(11)7-15-8/h3-4,6,8H,5,7H2,1-2H3. The average Bonchev–Trinajstić information content (AvgIpc) is 2.38. The topological polar surface area (TPSA) is 26.3 Å². The Balaban J connectivity index is 2.41. The minimum atomic E-state index is 0.237. The van der Waals surface area contributed by atoms with Gasteiger partial charge in [0.25, 0.3) is 0 Å². The summed E-state index contributed by atoms with van der Waals surface area (Å²) in [6.45, 7) is 2.10. The smallest absolute Gasteiger partial charge is 0.164 e. The molecule has 1 unspecified atom stereocenters. The van der Waals surface area contributed by atoms with Crippen molar-refractivity contribution in [3.63, 3.8) is 0 Å². The van der Waals surface area contributed by atoms with E-state index in [2.05, 4.69) is 6.92 Å². The number of ether oxygens (including phenoxy) is 1. The third-order valence-corrected chi connectivity index (χ3v) is 3.83. The lowest BCUT2D eigenvalue weighted by molar-refractivity contribution is 0.0983. The highest BCUT2D eigenvalue weighted by atomic mass is 32.2.